The first-order valence-electron chi connectivity index (χ1n) is 7.39. The van der Waals surface area contributed by atoms with Crippen LogP contribution >= 0.6 is 23.1 Å². The van der Waals surface area contributed by atoms with E-state index in [-0.39, 0.29) is 5.91 Å². The van der Waals surface area contributed by atoms with Crippen molar-refractivity contribution in [3.63, 3.8) is 0 Å². The second-order valence-corrected chi connectivity index (χ2v) is 7.65. The van der Waals surface area contributed by atoms with E-state index in [1.807, 2.05) is 16.5 Å². The minimum Gasteiger partial charge on any atom is -0.336 e. The van der Waals surface area contributed by atoms with Gasteiger partial charge in [0, 0.05) is 50.7 Å². The second-order valence-electron chi connectivity index (χ2n) is 5.74. The molecule has 2 fully saturated rings. The predicted octanol–water partition coefficient (Wildman–Crippen LogP) is 1.33. The third-order valence-electron chi connectivity index (χ3n) is 4.38. The Morgan fingerprint density at radius 1 is 1.33 bits per heavy atom. The van der Waals surface area contributed by atoms with Gasteiger partial charge < -0.3 is 9.80 Å². The van der Waals surface area contributed by atoms with Gasteiger partial charge >= 0.3 is 0 Å². The van der Waals surface area contributed by atoms with Gasteiger partial charge in [-0.05, 0) is 19.7 Å². The molecule has 0 saturated carbocycles. The maximum Gasteiger partial charge on any atom is 0.273 e. The topological polar surface area (TPSA) is 39.7 Å². The summed E-state index contributed by atoms with van der Waals surface area (Å²) in [4.78, 5) is 23.8. The number of carbonyl (C=O) groups excluding carboxylic acids is 1. The van der Waals surface area contributed by atoms with Gasteiger partial charge in [0.05, 0.1) is 0 Å². The monoisotopic (exact) mass is 326 g/mol. The van der Waals surface area contributed by atoms with Crippen LogP contribution in [0.4, 0.5) is 0 Å². The van der Waals surface area contributed by atoms with E-state index < -0.39 is 0 Å². The van der Waals surface area contributed by atoms with Crippen LogP contribution in [0, 0.1) is 0 Å². The average Bonchev–Trinajstić information content (AvgIpc) is 3.16. The highest BCUT2D eigenvalue weighted by Gasteiger charge is 2.32. The largest absolute Gasteiger partial charge is 0.336 e. The molecule has 7 heteroatoms. The summed E-state index contributed by atoms with van der Waals surface area (Å²) in [5.74, 6) is 0.100. The molecule has 2 aliphatic rings. The summed E-state index contributed by atoms with van der Waals surface area (Å²) in [6, 6.07) is 0.529. The van der Waals surface area contributed by atoms with E-state index in [9.17, 15) is 4.79 Å². The fourth-order valence-corrected chi connectivity index (χ4v) is 4.26. The first kappa shape index (κ1) is 15.3. The standard InChI is InChI=1S/C14H22N4OS2/c1-16-5-7-17(8-6-16)11-3-4-18(9-11)13(19)12-10-21-14(15-12)20-2/h10-11H,3-9H2,1-2H3/t11-/m0/s1. The molecular formula is C14H22N4OS2. The molecule has 0 bridgehead atoms. The normalized spacial score (nSPS) is 24.7. The van der Waals surface area contributed by atoms with Crippen LogP contribution in [-0.4, -0.2) is 84.2 Å². The highest BCUT2D eigenvalue weighted by Crippen LogP contribution is 2.23. The van der Waals surface area contributed by atoms with Gasteiger partial charge in [-0.15, -0.1) is 11.3 Å². The van der Waals surface area contributed by atoms with Crippen molar-refractivity contribution in [1.82, 2.24) is 19.7 Å². The molecule has 0 aromatic carbocycles. The number of piperazine rings is 1. The van der Waals surface area contributed by atoms with Crippen molar-refractivity contribution in [2.75, 3.05) is 52.6 Å². The van der Waals surface area contributed by atoms with Gasteiger partial charge in [-0.2, -0.15) is 0 Å². The van der Waals surface area contributed by atoms with Crippen molar-refractivity contribution >= 4 is 29.0 Å². The minimum absolute atomic E-state index is 0.100. The van der Waals surface area contributed by atoms with E-state index in [0.717, 1.165) is 50.0 Å². The number of likely N-dealkylation sites (N-methyl/N-ethyl adjacent to an activating group) is 1. The molecular weight excluding hydrogens is 304 g/mol. The molecule has 1 atom stereocenters. The van der Waals surface area contributed by atoms with E-state index in [1.54, 1.807) is 23.1 Å². The number of hydrogen-bond donors (Lipinski definition) is 0. The molecule has 2 saturated heterocycles. The van der Waals surface area contributed by atoms with E-state index >= 15 is 0 Å². The molecule has 0 spiro atoms. The van der Waals surface area contributed by atoms with Crippen molar-refractivity contribution in [1.29, 1.82) is 0 Å². The maximum absolute atomic E-state index is 12.5. The van der Waals surface area contributed by atoms with Crippen LogP contribution in [0.1, 0.15) is 16.9 Å². The van der Waals surface area contributed by atoms with Crippen LogP contribution in [0.15, 0.2) is 9.72 Å². The predicted molar refractivity (Wildman–Crippen MR) is 87.3 cm³/mol. The number of amides is 1. The first-order chi connectivity index (χ1) is 10.2. The van der Waals surface area contributed by atoms with Crippen molar-refractivity contribution in [2.24, 2.45) is 0 Å². The molecule has 116 valence electrons. The van der Waals surface area contributed by atoms with Crippen molar-refractivity contribution in [2.45, 2.75) is 16.8 Å². The Morgan fingerprint density at radius 2 is 2.10 bits per heavy atom. The first-order valence-corrected chi connectivity index (χ1v) is 9.49. The third-order valence-corrected chi connectivity index (χ3v) is 6.24. The Bertz CT molecular complexity index is 499. The second kappa shape index (κ2) is 6.64. The minimum atomic E-state index is 0.100. The average molecular weight is 326 g/mol. The number of carbonyl (C=O) groups is 1. The van der Waals surface area contributed by atoms with Gasteiger partial charge in [0.25, 0.3) is 5.91 Å². The quantitative estimate of drug-likeness (QED) is 0.784. The van der Waals surface area contributed by atoms with Crippen LogP contribution in [0.2, 0.25) is 0 Å². The fraction of sp³-hybridized carbons (Fsp3) is 0.714. The van der Waals surface area contributed by atoms with Gasteiger partial charge in [0.2, 0.25) is 0 Å². The van der Waals surface area contributed by atoms with Gasteiger partial charge in [-0.3, -0.25) is 9.69 Å². The summed E-state index contributed by atoms with van der Waals surface area (Å²) in [6.07, 6.45) is 3.08. The van der Waals surface area contributed by atoms with Crippen molar-refractivity contribution < 1.29 is 4.79 Å². The van der Waals surface area contributed by atoms with Crippen LogP contribution in [-0.2, 0) is 0 Å². The Morgan fingerprint density at radius 3 is 2.76 bits per heavy atom. The van der Waals surface area contributed by atoms with Gasteiger partial charge in [0.1, 0.15) is 10.0 Å². The van der Waals surface area contributed by atoms with Crippen molar-refractivity contribution in [3.05, 3.63) is 11.1 Å². The van der Waals surface area contributed by atoms with E-state index in [2.05, 4.69) is 21.8 Å². The molecule has 1 aromatic heterocycles. The van der Waals surface area contributed by atoms with E-state index in [0.29, 0.717) is 11.7 Å². The Labute approximate surface area is 134 Å². The molecule has 3 heterocycles. The Balaban J connectivity index is 1.57. The lowest BCUT2D eigenvalue weighted by Gasteiger charge is -2.36. The lowest BCUT2D eigenvalue weighted by atomic mass is 10.2. The summed E-state index contributed by atoms with van der Waals surface area (Å²) < 4.78 is 0.966. The molecule has 1 amide bonds. The molecule has 2 aliphatic heterocycles. The van der Waals surface area contributed by atoms with Crippen LogP contribution in [0.5, 0.6) is 0 Å². The number of thiazole rings is 1. The summed E-state index contributed by atoms with van der Waals surface area (Å²) in [7, 11) is 2.17. The van der Waals surface area contributed by atoms with Crippen molar-refractivity contribution in [3.8, 4) is 0 Å². The number of rotatable bonds is 3. The number of hydrogen-bond acceptors (Lipinski definition) is 6. The van der Waals surface area contributed by atoms with Gasteiger partial charge in [0.15, 0.2) is 0 Å². The zero-order valence-corrected chi connectivity index (χ0v) is 14.3. The van der Waals surface area contributed by atoms with Gasteiger partial charge in [-0.25, -0.2) is 4.98 Å². The van der Waals surface area contributed by atoms with Crippen LogP contribution in [0.25, 0.3) is 0 Å². The summed E-state index contributed by atoms with van der Waals surface area (Å²) >= 11 is 3.15. The highest BCUT2D eigenvalue weighted by molar-refractivity contribution is 8.00. The lowest BCUT2D eigenvalue weighted by molar-refractivity contribution is 0.0750. The lowest BCUT2D eigenvalue weighted by Crippen LogP contribution is -2.50. The third kappa shape index (κ3) is 3.41. The number of nitrogens with zero attached hydrogens (tertiary/aromatic N) is 4. The van der Waals surface area contributed by atoms with Crippen LogP contribution < -0.4 is 0 Å². The zero-order valence-electron chi connectivity index (χ0n) is 12.6. The summed E-state index contributed by atoms with van der Waals surface area (Å²) in [5.41, 5.74) is 0.614. The molecule has 0 N–H and O–H groups in total. The van der Waals surface area contributed by atoms with E-state index in [1.165, 1.54) is 0 Å². The van der Waals surface area contributed by atoms with Crippen LogP contribution in [0.3, 0.4) is 0 Å². The summed E-state index contributed by atoms with van der Waals surface area (Å²) in [6.45, 7) is 6.23. The molecule has 1 aromatic rings. The maximum atomic E-state index is 12.5. The molecule has 3 rings (SSSR count). The summed E-state index contributed by atoms with van der Waals surface area (Å²) in [5, 5.41) is 1.89. The fourth-order valence-electron chi connectivity index (χ4n) is 3.02. The Hall–Kier alpha value is -0.630. The number of likely N-dealkylation sites (tertiary alicyclic amines) is 1. The molecule has 0 unspecified atom stereocenters. The molecule has 0 aliphatic carbocycles. The zero-order chi connectivity index (χ0) is 14.8. The molecule has 21 heavy (non-hydrogen) atoms. The number of aromatic nitrogens is 1. The smallest absolute Gasteiger partial charge is 0.273 e. The molecule has 0 radical (unpaired) electrons. The Kier molecular flexibility index (Phi) is 4.83. The van der Waals surface area contributed by atoms with E-state index in [4.69, 9.17) is 0 Å². The highest BCUT2D eigenvalue weighted by atomic mass is 32.2. The SMILES string of the molecule is CSc1nc(C(=O)N2CC[C@H](N3CCN(C)CC3)C2)cs1. The number of thioether (sulfide) groups is 1. The van der Waals surface area contributed by atoms with Gasteiger partial charge in [-0.1, -0.05) is 11.8 Å². The molecule has 5 nitrogen and oxygen atoms in total.